The first-order valence-corrected chi connectivity index (χ1v) is 5.70. The number of H-pyrrole nitrogens is 1. The quantitative estimate of drug-likeness (QED) is 0.677. The van der Waals surface area contributed by atoms with Gasteiger partial charge in [0.05, 0.1) is 18.3 Å². The number of nitrogens with two attached hydrogens (primary N) is 1. The van der Waals surface area contributed by atoms with E-state index in [1.807, 2.05) is 0 Å². The van der Waals surface area contributed by atoms with Gasteiger partial charge in [0, 0.05) is 11.9 Å². The van der Waals surface area contributed by atoms with Crippen LogP contribution in [0.15, 0.2) is 41.3 Å². The molecule has 0 aliphatic carbocycles. The molecule has 0 saturated heterocycles. The minimum Gasteiger partial charge on any atom is -0.495 e. The van der Waals surface area contributed by atoms with Gasteiger partial charge in [-0.15, -0.1) is 0 Å². The van der Waals surface area contributed by atoms with E-state index in [9.17, 15) is 4.79 Å². The number of nitrogens with one attached hydrogen (secondary N) is 1. The summed E-state index contributed by atoms with van der Waals surface area (Å²) in [4.78, 5) is 19.1. The van der Waals surface area contributed by atoms with Gasteiger partial charge in [-0.25, -0.2) is 14.3 Å². The highest BCUT2D eigenvalue weighted by Crippen LogP contribution is 2.26. The third-order valence-electron chi connectivity index (χ3n) is 2.89. The number of nitrogens with zero attached hydrogens (tertiary/aromatic N) is 2. The number of rotatable bonds is 2. The Morgan fingerprint density at radius 1 is 1.37 bits per heavy atom. The van der Waals surface area contributed by atoms with Crippen LogP contribution in [-0.4, -0.2) is 21.6 Å². The summed E-state index contributed by atoms with van der Waals surface area (Å²) in [5.74, 6) is 0.558. The number of nitrogen functional groups attached to an aromatic ring is 1. The average molecular weight is 256 g/mol. The van der Waals surface area contributed by atoms with Crippen molar-refractivity contribution in [3.05, 3.63) is 47.0 Å². The molecule has 2 aromatic heterocycles. The van der Waals surface area contributed by atoms with E-state index in [1.54, 1.807) is 43.6 Å². The second-order valence-electron chi connectivity index (χ2n) is 4.07. The smallest absolute Gasteiger partial charge is 0.332 e. The number of benzene rings is 1. The highest BCUT2D eigenvalue weighted by Gasteiger charge is 2.13. The molecule has 1 aromatic carbocycles. The summed E-state index contributed by atoms with van der Waals surface area (Å²) in [6, 6.07) is 8.68. The Kier molecular flexibility index (Phi) is 2.49. The van der Waals surface area contributed by atoms with Crippen LogP contribution in [-0.2, 0) is 0 Å². The Hall–Kier alpha value is -2.76. The fourth-order valence-electron chi connectivity index (χ4n) is 2.05. The van der Waals surface area contributed by atoms with Crippen LogP contribution in [0.2, 0.25) is 0 Å². The zero-order valence-electron chi connectivity index (χ0n) is 10.3. The molecule has 0 saturated carbocycles. The van der Waals surface area contributed by atoms with Crippen LogP contribution in [0, 0.1) is 0 Å². The molecule has 3 rings (SSSR count). The average Bonchev–Trinajstić information content (AvgIpc) is 2.74. The summed E-state index contributed by atoms with van der Waals surface area (Å²) < 4.78 is 6.72. The Balaban J connectivity index is 2.39. The van der Waals surface area contributed by atoms with Gasteiger partial charge in [-0.3, -0.25) is 0 Å². The lowest BCUT2D eigenvalue weighted by Gasteiger charge is -2.09. The fraction of sp³-hybridized carbons (Fsp3) is 0.0769. The molecule has 0 atom stereocenters. The molecule has 6 heteroatoms. The summed E-state index contributed by atoms with van der Waals surface area (Å²) in [5.41, 5.74) is 7.82. The Bertz CT molecular complexity index is 804. The molecule has 6 nitrogen and oxygen atoms in total. The highest BCUT2D eigenvalue weighted by molar-refractivity contribution is 5.74. The van der Waals surface area contributed by atoms with Crippen molar-refractivity contribution in [1.29, 1.82) is 0 Å². The molecule has 0 bridgehead atoms. The maximum absolute atomic E-state index is 12.1. The molecule has 0 radical (unpaired) electrons. The molecule has 0 amide bonds. The molecule has 19 heavy (non-hydrogen) atoms. The summed E-state index contributed by atoms with van der Waals surface area (Å²) >= 11 is 0. The lowest BCUT2D eigenvalue weighted by molar-refractivity contribution is 0.413. The standard InChI is InChI=1S/C13H12N4O2/c1-19-11-5-4-8(14)7-10(11)17-12-9(16-13(17)18)3-2-6-15-12/h2-7H,14H2,1H3,(H,16,18). The lowest BCUT2D eigenvalue weighted by Crippen LogP contribution is -2.16. The van der Waals surface area contributed by atoms with Crippen LogP contribution >= 0.6 is 0 Å². The van der Waals surface area contributed by atoms with E-state index >= 15 is 0 Å². The van der Waals surface area contributed by atoms with E-state index in [4.69, 9.17) is 10.5 Å². The number of pyridine rings is 1. The molecular weight excluding hydrogens is 244 g/mol. The number of hydrogen-bond acceptors (Lipinski definition) is 4. The molecule has 3 N–H and O–H groups in total. The van der Waals surface area contributed by atoms with Crippen molar-refractivity contribution in [2.75, 3.05) is 12.8 Å². The topological polar surface area (TPSA) is 85.9 Å². The largest absolute Gasteiger partial charge is 0.495 e. The second-order valence-corrected chi connectivity index (χ2v) is 4.07. The van der Waals surface area contributed by atoms with Crippen LogP contribution in [0.5, 0.6) is 5.75 Å². The Morgan fingerprint density at radius 3 is 3.00 bits per heavy atom. The lowest BCUT2D eigenvalue weighted by atomic mass is 10.2. The van der Waals surface area contributed by atoms with Gasteiger partial charge in [-0.1, -0.05) is 0 Å². The normalized spacial score (nSPS) is 10.8. The van der Waals surface area contributed by atoms with Crippen LogP contribution < -0.4 is 16.2 Å². The first kappa shape index (κ1) is 11.3. The van der Waals surface area contributed by atoms with E-state index in [0.717, 1.165) is 0 Å². The van der Waals surface area contributed by atoms with Gasteiger partial charge in [0.1, 0.15) is 5.75 Å². The molecule has 0 aliphatic heterocycles. The van der Waals surface area contributed by atoms with Crippen molar-refractivity contribution in [3.63, 3.8) is 0 Å². The number of fused-ring (bicyclic) bond motifs is 1. The van der Waals surface area contributed by atoms with Crippen LogP contribution in [0.25, 0.3) is 16.9 Å². The first-order chi connectivity index (χ1) is 9.20. The van der Waals surface area contributed by atoms with Gasteiger partial charge < -0.3 is 15.5 Å². The molecule has 0 fully saturated rings. The van der Waals surface area contributed by atoms with Crippen molar-refractivity contribution in [2.45, 2.75) is 0 Å². The maximum atomic E-state index is 12.1. The van der Waals surface area contributed by atoms with E-state index in [0.29, 0.717) is 28.3 Å². The SMILES string of the molecule is COc1ccc(N)cc1-n1c(=O)[nH]c2cccnc21. The van der Waals surface area contributed by atoms with Gasteiger partial charge in [0.25, 0.3) is 0 Å². The Morgan fingerprint density at radius 2 is 2.21 bits per heavy atom. The number of aromatic nitrogens is 3. The minimum atomic E-state index is -0.280. The monoisotopic (exact) mass is 256 g/mol. The second kappa shape index (κ2) is 4.16. The molecule has 0 aliphatic rings. The predicted octanol–water partition coefficient (Wildman–Crippen LogP) is 1.30. The third kappa shape index (κ3) is 1.74. The van der Waals surface area contributed by atoms with Gasteiger partial charge in [-0.2, -0.15) is 0 Å². The van der Waals surface area contributed by atoms with Gasteiger partial charge >= 0.3 is 5.69 Å². The molecule has 3 aromatic rings. The van der Waals surface area contributed by atoms with Crippen LogP contribution in [0.3, 0.4) is 0 Å². The van der Waals surface area contributed by atoms with Crippen molar-refractivity contribution in [2.24, 2.45) is 0 Å². The van der Waals surface area contributed by atoms with Gasteiger partial charge in [0.2, 0.25) is 0 Å². The summed E-state index contributed by atoms with van der Waals surface area (Å²) in [5, 5.41) is 0. The number of hydrogen-bond donors (Lipinski definition) is 2. The predicted molar refractivity (Wildman–Crippen MR) is 72.7 cm³/mol. The summed E-state index contributed by atoms with van der Waals surface area (Å²) in [6.45, 7) is 0. The van der Waals surface area contributed by atoms with E-state index in [-0.39, 0.29) is 5.69 Å². The highest BCUT2D eigenvalue weighted by atomic mass is 16.5. The van der Waals surface area contributed by atoms with Crippen molar-refractivity contribution >= 4 is 16.9 Å². The van der Waals surface area contributed by atoms with Gasteiger partial charge in [0.15, 0.2) is 5.65 Å². The first-order valence-electron chi connectivity index (χ1n) is 5.70. The van der Waals surface area contributed by atoms with E-state index in [2.05, 4.69) is 9.97 Å². The molecule has 0 unspecified atom stereocenters. The number of methoxy groups -OCH3 is 1. The molecule has 0 spiro atoms. The summed E-state index contributed by atoms with van der Waals surface area (Å²) in [7, 11) is 1.54. The minimum absolute atomic E-state index is 0.280. The number of imidazole rings is 1. The van der Waals surface area contributed by atoms with Crippen molar-refractivity contribution < 1.29 is 4.74 Å². The molecule has 96 valence electrons. The van der Waals surface area contributed by atoms with Crippen LogP contribution in [0.4, 0.5) is 5.69 Å². The number of anilines is 1. The van der Waals surface area contributed by atoms with E-state index < -0.39 is 0 Å². The zero-order valence-corrected chi connectivity index (χ0v) is 10.3. The maximum Gasteiger partial charge on any atom is 0.332 e. The van der Waals surface area contributed by atoms with Crippen LogP contribution in [0.1, 0.15) is 0 Å². The van der Waals surface area contributed by atoms with E-state index in [1.165, 1.54) is 4.57 Å². The third-order valence-corrected chi connectivity index (χ3v) is 2.89. The zero-order chi connectivity index (χ0) is 13.4. The summed E-state index contributed by atoms with van der Waals surface area (Å²) in [6.07, 6.45) is 1.63. The number of aromatic amines is 1. The fourth-order valence-corrected chi connectivity index (χ4v) is 2.05. The molecular formula is C13H12N4O2. The number of ether oxygens (including phenoxy) is 1. The Labute approximate surface area is 108 Å². The van der Waals surface area contributed by atoms with Gasteiger partial charge in [-0.05, 0) is 30.3 Å². The van der Waals surface area contributed by atoms with Crippen molar-refractivity contribution in [1.82, 2.24) is 14.5 Å². The molecule has 2 heterocycles. The van der Waals surface area contributed by atoms with Crippen molar-refractivity contribution in [3.8, 4) is 11.4 Å².